The fourth-order valence-corrected chi connectivity index (χ4v) is 9.60. The lowest BCUT2D eigenvalue weighted by Crippen LogP contribution is -2.27. The fraction of sp³-hybridized carbons (Fsp3) is 0.246. The van der Waals surface area contributed by atoms with Crippen molar-refractivity contribution in [3.8, 4) is 0 Å². The first-order valence-corrected chi connectivity index (χ1v) is 25.4. The van der Waals surface area contributed by atoms with E-state index in [4.69, 9.17) is 21.4 Å². The number of nitrogens with zero attached hydrogens (tertiary/aromatic N) is 3. The minimum absolute atomic E-state index is 0.0152. The molecule has 0 atom stereocenters. The van der Waals surface area contributed by atoms with Crippen LogP contribution in [0, 0.1) is 6.92 Å². The summed E-state index contributed by atoms with van der Waals surface area (Å²) in [6.07, 6.45) is 10.4. The van der Waals surface area contributed by atoms with Gasteiger partial charge in [-0.3, -0.25) is 19.3 Å². The molecule has 0 unspecified atom stereocenters. The molecule has 0 spiro atoms. The van der Waals surface area contributed by atoms with Crippen LogP contribution in [0.4, 0.5) is 11.4 Å². The number of amides is 1. The van der Waals surface area contributed by atoms with E-state index in [1.807, 2.05) is 112 Å². The number of thiocarbonyl (C=S) groups is 1. The Morgan fingerprint density at radius 2 is 1.54 bits per heavy atom. The number of hydrogen-bond donors (Lipinski definition) is 0. The number of fused-ring (bicyclic) bond motifs is 2. The summed E-state index contributed by atoms with van der Waals surface area (Å²) in [5.74, 6) is 0.0260. The zero-order valence-electron chi connectivity index (χ0n) is 40.5. The summed E-state index contributed by atoms with van der Waals surface area (Å²) in [6, 6.07) is 37.4. The first-order chi connectivity index (χ1) is 33.3. The molecule has 0 radical (unpaired) electrons. The number of Topliss-reactive ketones (excluding diaryl/α,β-unsaturated/α-hetero) is 1. The zero-order valence-corrected chi connectivity index (χ0v) is 43.0. The molecule has 2 heterocycles. The maximum Gasteiger partial charge on any atom is 0.343 e. The van der Waals surface area contributed by atoms with Gasteiger partial charge in [0, 0.05) is 91.7 Å². The van der Waals surface area contributed by atoms with Crippen LogP contribution in [0.1, 0.15) is 74.9 Å². The molecule has 1 aromatic heterocycles. The number of carbonyl (C=O) groups excluding carboxylic acids is 3. The molecule has 5 aromatic carbocycles. The van der Waals surface area contributed by atoms with Crippen molar-refractivity contribution in [2.75, 3.05) is 63.5 Å². The number of anilines is 2. The minimum atomic E-state index is -0.472. The average molecular weight is 978 g/mol. The molecule has 12 heteroatoms. The predicted molar refractivity (Wildman–Crippen MR) is 293 cm³/mol. The lowest BCUT2D eigenvalue weighted by molar-refractivity contribution is -0.122. The molecule has 0 N–H and O–H groups in total. The summed E-state index contributed by atoms with van der Waals surface area (Å²) < 4.78 is 11.4. The van der Waals surface area contributed by atoms with Crippen molar-refractivity contribution in [3.05, 3.63) is 187 Å². The van der Waals surface area contributed by atoms with Gasteiger partial charge in [-0.25, -0.2) is 4.79 Å². The zero-order chi connectivity index (χ0) is 49.6. The Kier molecular flexibility index (Phi) is 18.7. The highest BCUT2D eigenvalue weighted by Crippen LogP contribution is 2.33. The summed E-state index contributed by atoms with van der Waals surface area (Å²) in [5, 5.41) is 0.809. The molecule has 8 rings (SSSR count). The lowest BCUT2D eigenvalue weighted by Gasteiger charge is -2.20. The van der Waals surface area contributed by atoms with Crippen molar-refractivity contribution >= 4 is 98.1 Å². The maximum absolute atomic E-state index is 12.4. The quantitative estimate of drug-likeness (QED) is 0.0343. The molecule has 1 aliphatic heterocycles. The summed E-state index contributed by atoms with van der Waals surface area (Å²) in [6.45, 7) is 11.5. The molecule has 0 bridgehead atoms. The number of ketones is 2. The molecule has 6 aromatic rings. The standard InChI is InChI=1S/C24H25NO4.C20H21NO.C13H13NOS3/c1-16-5-7-17(8-6-16)22(26)10-9-19-14-20-13-18(11-12-28-4)21(25(2)3)15-23(20)29-24(19)27;1-3-21(4-2)18-11-9-15(10-12-18)13-17-14-16-7-5-6-8-19(16)20(17)22;1-3-14-12(15)11(18-13(14)16)8-9-4-6-10(17-2)7-5-9/h5-10,13-15H,11-12H2,1-4H3;5-13H,3-4,14H2,1-2H3;4-8H,3H2,1-2H3/b10-9+;17-13+;11-8+. The molecular weight excluding hydrogens is 919 g/mol. The van der Waals surface area contributed by atoms with Crippen LogP contribution >= 0.6 is 35.7 Å². The van der Waals surface area contributed by atoms with E-state index in [0.717, 1.165) is 76.0 Å². The number of hydrogen-bond acceptors (Lipinski definition) is 11. The van der Waals surface area contributed by atoms with Crippen molar-refractivity contribution in [1.29, 1.82) is 0 Å². The Hall–Kier alpha value is -6.31. The van der Waals surface area contributed by atoms with Crippen LogP contribution in [0.5, 0.6) is 0 Å². The smallest absolute Gasteiger partial charge is 0.343 e. The summed E-state index contributed by atoms with van der Waals surface area (Å²) in [7, 11) is 5.57. The van der Waals surface area contributed by atoms with Crippen LogP contribution in [0.2, 0.25) is 0 Å². The molecule has 1 aliphatic carbocycles. The van der Waals surface area contributed by atoms with Gasteiger partial charge in [0.15, 0.2) is 11.6 Å². The van der Waals surface area contributed by atoms with Gasteiger partial charge in [-0.2, -0.15) is 0 Å². The van der Waals surface area contributed by atoms with E-state index in [-0.39, 0.29) is 17.5 Å². The summed E-state index contributed by atoms with van der Waals surface area (Å²) in [4.78, 5) is 57.0. The Morgan fingerprint density at radius 1 is 0.870 bits per heavy atom. The fourth-order valence-electron chi connectivity index (χ4n) is 7.81. The molecule has 356 valence electrons. The van der Waals surface area contributed by atoms with E-state index >= 15 is 0 Å². The van der Waals surface area contributed by atoms with E-state index < -0.39 is 5.63 Å². The Labute approximate surface area is 419 Å². The first kappa shape index (κ1) is 52.1. The van der Waals surface area contributed by atoms with E-state index in [1.165, 1.54) is 34.5 Å². The Bertz CT molecular complexity index is 2950. The topological polar surface area (TPSA) is 100 Å². The third-order valence-electron chi connectivity index (χ3n) is 11.7. The number of methoxy groups -OCH3 is 1. The van der Waals surface area contributed by atoms with Crippen LogP contribution in [0.15, 0.2) is 146 Å². The van der Waals surface area contributed by atoms with Gasteiger partial charge in [-0.05, 0) is 123 Å². The van der Waals surface area contributed by atoms with Crippen LogP contribution in [0.3, 0.4) is 0 Å². The van der Waals surface area contributed by atoms with Crippen LogP contribution in [0.25, 0.3) is 29.2 Å². The van der Waals surface area contributed by atoms with Crippen LogP contribution in [-0.4, -0.2) is 80.4 Å². The number of allylic oxidation sites excluding steroid dienone is 2. The molecule has 2 aliphatic rings. The van der Waals surface area contributed by atoms with E-state index in [1.54, 1.807) is 42.0 Å². The monoisotopic (exact) mass is 977 g/mol. The van der Waals surface area contributed by atoms with Gasteiger partial charge in [0.1, 0.15) is 9.90 Å². The van der Waals surface area contributed by atoms with Crippen molar-refractivity contribution in [1.82, 2.24) is 4.90 Å². The molecule has 1 amide bonds. The molecule has 0 saturated carbocycles. The number of likely N-dealkylation sites (N-methyl/N-ethyl adjacent to an activating group) is 1. The van der Waals surface area contributed by atoms with Gasteiger partial charge >= 0.3 is 5.63 Å². The molecule has 9 nitrogen and oxygen atoms in total. The highest BCUT2D eigenvalue weighted by Gasteiger charge is 2.30. The van der Waals surface area contributed by atoms with Gasteiger partial charge in [-0.15, -0.1) is 11.8 Å². The summed E-state index contributed by atoms with van der Waals surface area (Å²) in [5.41, 5.74) is 10.4. The molecule has 1 saturated heterocycles. The lowest BCUT2D eigenvalue weighted by atomic mass is 10.0. The number of carbonyl (C=O) groups is 3. The van der Waals surface area contributed by atoms with E-state index in [9.17, 15) is 19.2 Å². The van der Waals surface area contributed by atoms with Gasteiger partial charge < -0.3 is 19.0 Å². The van der Waals surface area contributed by atoms with Crippen molar-refractivity contribution < 1.29 is 23.5 Å². The first-order valence-electron chi connectivity index (χ1n) is 22.9. The summed E-state index contributed by atoms with van der Waals surface area (Å²) >= 11 is 8.25. The third-order valence-corrected chi connectivity index (χ3v) is 13.8. The molecular formula is C57H59N3O6S3. The normalized spacial score (nSPS) is 14.3. The Morgan fingerprint density at radius 3 is 2.14 bits per heavy atom. The van der Waals surface area contributed by atoms with Crippen molar-refractivity contribution in [2.45, 2.75) is 45.4 Å². The second-order valence-electron chi connectivity index (χ2n) is 16.5. The minimum Gasteiger partial charge on any atom is -0.422 e. The largest absolute Gasteiger partial charge is 0.422 e. The number of aryl methyl sites for hydroxylation is 1. The van der Waals surface area contributed by atoms with Gasteiger partial charge in [-0.1, -0.05) is 102 Å². The molecule has 69 heavy (non-hydrogen) atoms. The third kappa shape index (κ3) is 13.5. The molecule has 1 fully saturated rings. The van der Waals surface area contributed by atoms with Gasteiger partial charge in [0.05, 0.1) is 17.1 Å². The number of ether oxygens (including phenoxy) is 1. The number of thioether (sulfide) groups is 2. The SMILES string of the molecule is CCN(CC)c1ccc(/C=C2\Cc3ccccc3C2=O)cc1.CCN1C(=O)/C(=C\c2ccc(SC)cc2)SC1=S.COCCc1cc2cc(/C=C/C(=O)c3ccc(C)cc3)c(=O)oc2cc1N(C)C. The van der Waals surface area contributed by atoms with Gasteiger partial charge in [0.25, 0.3) is 5.91 Å². The highest BCUT2D eigenvalue weighted by molar-refractivity contribution is 8.26. The van der Waals surface area contributed by atoms with Crippen LogP contribution < -0.4 is 15.4 Å². The van der Waals surface area contributed by atoms with E-state index in [0.29, 0.717) is 39.1 Å². The highest BCUT2D eigenvalue weighted by atomic mass is 32.2. The number of benzene rings is 5. The van der Waals surface area contributed by atoms with E-state index in [2.05, 4.69) is 55.1 Å². The number of rotatable bonds is 14. The van der Waals surface area contributed by atoms with Crippen molar-refractivity contribution in [2.24, 2.45) is 0 Å². The average Bonchev–Trinajstić information content (AvgIpc) is 3.82. The maximum atomic E-state index is 12.4. The van der Waals surface area contributed by atoms with Crippen molar-refractivity contribution in [3.63, 3.8) is 0 Å². The van der Waals surface area contributed by atoms with Crippen LogP contribution in [-0.2, 0) is 22.4 Å². The second-order valence-corrected chi connectivity index (χ2v) is 19.1. The van der Waals surface area contributed by atoms with Gasteiger partial charge in [0.2, 0.25) is 0 Å². The Balaban J connectivity index is 0.000000175. The predicted octanol–water partition coefficient (Wildman–Crippen LogP) is 12.2. The second kappa shape index (κ2) is 24.8.